The molecule has 35 heavy (non-hydrogen) atoms. The number of carbonyl (C=O) groups is 1. The van der Waals surface area contributed by atoms with Gasteiger partial charge in [0.1, 0.15) is 0 Å². The maximum absolute atomic E-state index is 13.5. The first-order valence-corrected chi connectivity index (χ1v) is 14.1. The predicted octanol–water partition coefficient (Wildman–Crippen LogP) is 5.14. The maximum Gasteiger partial charge on any atom is 0.233 e. The number of carbonyl (C=O) groups excluding carboxylic acids is 1. The van der Waals surface area contributed by atoms with Gasteiger partial charge in [-0.1, -0.05) is 42.0 Å². The van der Waals surface area contributed by atoms with E-state index in [1.807, 2.05) is 43.7 Å². The van der Waals surface area contributed by atoms with Gasteiger partial charge in [-0.15, -0.1) is 0 Å². The molecule has 0 bridgehead atoms. The van der Waals surface area contributed by atoms with Gasteiger partial charge in [-0.2, -0.15) is 5.10 Å². The van der Waals surface area contributed by atoms with Crippen LogP contribution in [0.1, 0.15) is 29.4 Å². The topological polar surface area (TPSA) is 85.2 Å². The number of amides is 1. The number of thiazole rings is 1. The number of halogens is 1. The monoisotopic (exact) mass is 530 g/mol. The molecule has 0 spiro atoms. The number of hydrogen-bond acceptors (Lipinski definition) is 6. The second-order valence-electron chi connectivity index (χ2n) is 8.44. The van der Waals surface area contributed by atoms with Gasteiger partial charge in [0.2, 0.25) is 5.91 Å². The summed E-state index contributed by atoms with van der Waals surface area (Å²) in [5.41, 5.74) is 4.35. The van der Waals surface area contributed by atoms with Crippen molar-refractivity contribution < 1.29 is 13.2 Å². The van der Waals surface area contributed by atoms with E-state index in [9.17, 15) is 13.2 Å². The molecule has 4 rings (SSSR count). The number of benzene rings is 2. The summed E-state index contributed by atoms with van der Waals surface area (Å²) in [5.74, 6) is -0.0905. The number of hydrogen-bond donors (Lipinski definition) is 0. The first-order chi connectivity index (χ1) is 16.6. The third kappa shape index (κ3) is 5.42. The van der Waals surface area contributed by atoms with Crippen molar-refractivity contribution in [3.8, 4) is 0 Å². The fraction of sp³-hybridized carbons (Fsp3) is 0.320. The molecule has 2 heterocycles. The summed E-state index contributed by atoms with van der Waals surface area (Å²) in [6.45, 7) is 8.38. The molecule has 0 aliphatic heterocycles. The highest BCUT2D eigenvalue weighted by atomic mass is 35.5. The molecule has 0 aliphatic rings. The van der Waals surface area contributed by atoms with E-state index in [2.05, 4.69) is 5.10 Å². The number of fused-ring (bicyclic) bond motifs is 1. The molecule has 0 saturated carbocycles. The van der Waals surface area contributed by atoms with Crippen molar-refractivity contribution in [3.05, 3.63) is 70.0 Å². The van der Waals surface area contributed by atoms with Gasteiger partial charge in [0, 0.05) is 17.3 Å². The lowest BCUT2D eigenvalue weighted by Crippen LogP contribution is -2.35. The molecule has 4 aromatic rings. The molecule has 0 unspecified atom stereocenters. The molecule has 2 aromatic heterocycles. The van der Waals surface area contributed by atoms with Gasteiger partial charge >= 0.3 is 0 Å². The highest BCUT2D eigenvalue weighted by Crippen LogP contribution is 2.34. The lowest BCUT2D eigenvalue weighted by Gasteiger charge is -2.20. The molecule has 0 atom stereocenters. The number of aromatic nitrogens is 3. The fourth-order valence-corrected chi connectivity index (χ4v) is 5.98. The van der Waals surface area contributed by atoms with E-state index in [0.29, 0.717) is 23.2 Å². The molecule has 0 fully saturated rings. The zero-order valence-electron chi connectivity index (χ0n) is 20.1. The Hall–Kier alpha value is -2.75. The number of nitrogens with zero attached hydrogens (tertiary/aromatic N) is 4. The molecular formula is C25H27ClN4O3S2. The fourth-order valence-electron chi connectivity index (χ4n) is 3.88. The summed E-state index contributed by atoms with van der Waals surface area (Å²) in [6.07, 6.45) is 0.124. The van der Waals surface area contributed by atoms with Crippen LogP contribution in [-0.2, 0) is 27.6 Å². The van der Waals surface area contributed by atoms with Crippen LogP contribution in [0.5, 0.6) is 0 Å². The Labute approximate surface area is 214 Å². The third-order valence-electron chi connectivity index (χ3n) is 5.93. The van der Waals surface area contributed by atoms with Crippen LogP contribution in [0.4, 0.5) is 5.13 Å². The van der Waals surface area contributed by atoms with Crippen LogP contribution in [0.25, 0.3) is 10.2 Å². The Morgan fingerprint density at radius 3 is 2.46 bits per heavy atom. The number of sulfone groups is 1. The summed E-state index contributed by atoms with van der Waals surface area (Å²) in [4.78, 5) is 20.2. The van der Waals surface area contributed by atoms with Crippen molar-refractivity contribution >= 4 is 54.0 Å². The SMILES string of the molecule is CCS(=O)(=O)c1ccc(CC(=O)N(CCn2nc(C)cc2C)c2nc3c(C)c(Cl)ccc3s2)cc1. The van der Waals surface area contributed by atoms with E-state index in [4.69, 9.17) is 16.6 Å². The summed E-state index contributed by atoms with van der Waals surface area (Å²) in [7, 11) is -3.29. The Morgan fingerprint density at radius 1 is 1.11 bits per heavy atom. The van der Waals surface area contributed by atoms with Crippen LogP contribution in [0.15, 0.2) is 47.4 Å². The summed E-state index contributed by atoms with van der Waals surface area (Å²) >= 11 is 7.74. The summed E-state index contributed by atoms with van der Waals surface area (Å²) in [5, 5.41) is 5.75. The molecule has 0 aliphatic carbocycles. The van der Waals surface area contributed by atoms with Crippen molar-refractivity contribution in [2.24, 2.45) is 0 Å². The van der Waals surface area contributed by atoms with Crippen molar-refractivity contribution in [3.63, 3.8) is 0 Å². The van der Waals surface area contributed by atoms with E-state index >= 15 is 0 Å². The van der Waals surface area contributed by atoms with Gasteiger partial charge < -0.3 is 0 Å². The normalized spacial score (nSPS) is 11.8. The van der Waals surface area contributed by atoms with Crippen molar-refractivity contribution in [2.75, 3.05) is 17.2 Å². The van der Waals surface area contributed by atoms with Crippen molar-refractivity contribution in [1.29, 1.82) is 0 Å². The number of anilines is 1. The number of aryl methyl sites for hydroxylation is 3. The first kappa shape index (κ1) is 25.3. The van der Waals surface area contributed by atoms with Crippen LogP contribution in [0.3, 0.4) is 0 Å². The highest BCUT2D eigenvalue weighted by Gasteiger charge is 2.22. The second-order valence-corrected chi connectivity index (χ2v) is 12.1. The zero-order chi connectivity index (χ0) is 25.3. The Bertz CT molecular complexity index is 1490. The lowest BCUT2D eigenvalue weighted by molar-refractivity contribution is -0.118. The van der Waals surface area contributed by atoms with Crippen molar-refractivity contribution in [1.82, 2.24) is 14.8 Å². The van der Waals surface area contributed by atoms with Crippen LogP contribution in [0.2, 0.25) is 5.02 Å². The zero-order valence-corrected chi connectivity index (χ0v) is 22.5. The van der Waals surface area contributed by atoms with E-state index in [1.54, 1.807) is 36.1 Å². The maximum atomic E-state index is 13.5. The highest BCUT2D eigenvalue weighted by molar-refractivity contribution is 7.91. The van der Waals surface area contributed by atoms with Crippen LogP contribution in [0, 0.1) is 20.8 Å². The Morgan fingerprint density at radius 2 is 1.83 bits per heavy atom. The third-order valence-corrected chi connectivity index (χ3v) is 9.13. The Balaban J connectivity index is 1.63. The van der Waals surface area contributed by atoms with Gasteiger partial charge in [0.15, 0.2) is 15.0 Å². The summed E-state index contributed by atoms with van der Waals surface area (Å²) in [6, 6.07) is 12.3. The van der Waals surface area contributed by atoms with Crippen LogP contribution in [-0.4, -0.2) is 41.4 Å². The van der Waals surface area contributed by atoms with Gasteiger partial charge in [0.05, 0.1) is 39.5 Å². The predicted molar refractivity (Wildman–Crippen MR) is 141 cm³/mol. The van der Waals surface area contributed by atoms with E-state index in [0.717, 1.165) is 32.7 Å². The first-order valence-electron chi connectivity index (χ1n) is 11.3. The smallest absolute Gasteiger partial charge is 0.233 e. The molecule has 0 radical (unpaired) electrons. The molecular weight excluding hydrogens is 504 g/mol. The second kappa shape index (κ2) is 10.1. The number of rotatable bonds is 8. The molecule has 10 heteroatoms. The van der Waals surface area contributed by atoms with Gasteiger partial charge in [-0.05, 0) is 62.2 Å². The molecule has 7 nitrogen and oxygen atoms in total. The quantitative estimate of drug-likeness (QED) is 0.315. The summed E-state index contributed by atoms with van der Waals surface area (Å²) < 4.78 is 27.1. The standard InChI is InChI=1S/C25H27ClN4O3S2/c1-5-35(32,33)20-8-6-19(7-9-20)15-23(31)29(12-13-30-17(3)14-16(2)28-30)25-27-24-18(4)21(26)10-11-22(24)34-25/h6-11,14H,5,12-13,15H2,1-4H3. The molecule has 2 aromatic carbocycles. The molecule has 1 amide bonds. The Kier molecular flexibility index (Phi) is 7.30. The minimum Gasteiger partial charge on any atom is -0.286 e. The molecule has 0 saturated heterocycles. The average molecular weight is 531 g/mol. The van der Waals surface area contributed by atoms with Gasteiger partial charge in [0.25, 0.3) is 0 Å². The van der Waals surface area contributed by atoms with E-state index in [1.165, 1.54) is 11.3 Å². The molecule has 0 N–H and O–H groups in total. The van der Waals surface area contributed by atoms with Crippen LogP contribution < -0.4 is 4.90 Å². The van der Waals surface area contributed by atoms with E-state index in [-0.39, 0.29) is 23.0 Å². The van der Waals surface area contributed by atoms with Gasteiger partial charge in [-0.25, -0.2) is 13.4 Å². The van der Waals surface area contributed by atoms with Crippen molar-refractivity contribution in [2.45, 2.75) is 45.6 Å². The molecule has 184 valence electrons. The van der Waals surface area contributed by atoms with E-state index < -0.39 is 9.84 Å². The largest absolute Gasteiger partial charge is 0.286 e. The van der Waals surface area contributed by atoms with Crippen LogP contribution >= 0.6 is 22.9 Å². The minimum absolute atomic E-state index is 0.0341. The minimum atomic E-state index is -3.29. The average Bonchev–Trinajstić information content (AvgIpc) is 3.39. The van der Waals surface area contributed by atoms with Gasteiger partial charge in [-0.3, -0.25) is 14.4 Å². The lowest BCUT2D eigenvalue weighted by atomic mass is 10.1.